The predicted molar refractivity (Wildman–Crippen MR) is 69.3 cm³/mol. The van der Waals surface area contributed by atoms with Crippen LogP contribution < -0.4 is 4.74 Å². The van der Waals surface area contributed by atoms with Crippen molar-refractivity contribution in [1.29, 1.82) is 0 Å². The molecule has 20 heavy (non-hydrogen) atoms. The number of ether oxygens (including phenoxy) is 2. The summed E-state index contributed by atoms with van der Waals surface area (Å²) in [6, 6.07) is 7.59. The van der Waals surface area contributed by atoms with Crippen molar-refractivity contribution in [3.63, 3.8) is 0 Å². The molecule has 7 nitrogen and oxygen atoms in total. The van der Waals surface area contributed by atoms with Gasteiger partial charge in [-0.15, -0.1) is 0 Å². The van der Waals surface area contributed by atoms with Crippen molar-refractivity contribution in [1.82, 2.24) is 9.55 Å². The predicted octanol–water partition coefficient (Wildman–Crippen LogP) is -0.344. The first-order chi connectivity index (χ1) is 9.67. The summed E-state index contributed by atoms with van der Waals surface area (Å²) in [5, 5.41) is 29.1. The highest BCUT2D eigenvalue weighted by Gasteiger charge is 2.44. The summed E-state index contributed by atoms with van der Waals surface area (Å²) in [6.07, 6.45) is -4.01. The van der Waals surface area contributed by atoms with Crippen molar-refractivity contribution in [2.75, 3.05) is 13.7 Å². The number of hydrogen-bond acceptors (Lipinski definition) is 6. The van der Waals surface area contributed by atoms with Gasteiger partial charge in [-0.25, -0.2) is 0 Å². The standard InChI is InChI=1S/C13H16N2O5/c1-19-13-14-7-4-2-3-5-8(7)15(13)12-11(18)10(17)9(6-16)20-12/h2-5,9-12,16-18H,6H2,1H3/t9-,10+,11-,12-/m0/s1. The minimum Gasteiger partial charge on any atom is -0.468 e. The Balaban J connectivity index is 2.10. The minimum atomic E-state index is -1.17. The summed E-state index contributed by atoms with van der Waals surface area (Å²) < 4.78 is 12.3. The van der Waals surface area contributed by atoms with Crippen molar-refractivity contribution < 1.29 is 24.8 Å². The molecule has 2 heterocycles. The van der Waals surface area contributed by atoms with Gasteiger partial charge in [0.25, 0.3) is 6.01 Å². The number of nitrogens with zero attached hydrogens (tertiary/aromatic N) is 2. The zero-order valence-corrected chi connectivity index (χ0v) is 10.9. The van der Waals surface area contributed by atoms with Gasteiger partial charge in [0, 0.05) is 0 Å². The van der Waals surface area contributed by atoms with Crippen LogP contribution in [0.5, 0.6) is 6.01 Å². The van der Waals surface area contributed by atoms with E-state index < -0.39 is 24.5 Å². The highest BCUT2D eigenvalue weighted by Crippen LogP contribution is 2.35. The largest absolute Gasteiger partial charge is 0.468 e. The molecule has 1 aliphatic rings. The second-order valence-corrected chi connectivity index (χ2v) is 4.69. The van der Waals surface area contributed by atoms with Crippen LogP contribution in [0.3, 0.4) is 0 Å². The second-order valence-electron chi connectivity index (χ2n) is 4.69. The van der Waals surface area contributed by atoms with Gasteiger partial charge in [0.2, 0.25) is 0 Å². The van der Waals surface area contributed by atoms with E-state index in [1.807, 2.05) is 24.3 Å². The van der Waals surface area contributed by atoms with Gasteiger partial charge < -0.3 is 24.8 Å². The van der Waals surface area contributed by atoms with E-state index in [4.69, 9.17) is 14.6 Å². The zero-order chi connectivity index (χ0) is 14.3. The topological polar surface area (TPSA) is 97.0 Å². The summed E-state index contributed by atoms with van der Waals surface area (Å²) >= 11 is 0. The second kappa shape index (κ2) is 5.02. The van der Waals surface area contributed by atoms with Crippen LogP contribution in [-0.2, 0) is 4.74 Å². The van der Waals surface area contributed by atoms with Gasteiger partial charge in [0.05, 0.1) is 24.8 Å². The van der Waals surface area contributed by atoms with Crippen LogP contribution in [0.1, 0.15) is 6.23 Å². The Bertz CT molecular complexity index is 614. The van der Waals surface area contributed by atoms with Crippen LogP contribution in [-0.4, -0.2) is 56.9 Å². The molecule has 2 aromatic rings. The van der Waals surface area contributed by atoms with Crippen molar-refractivity contribution in [3.8, 4) is 6.01 Å². The molecule has 4 atom stereocenters. The Labute approximate surface area is 115 Å². The summed E-state index contributed by atoms with van der Waals surface area (Å²) in [6.45, 7) is -0.371. The van der Waals surface area contributed by atoms with Crippen LogP contribution in [0.2, 0.25) is 0 Å². The van der Waals surface area contributed by atoms with Gasteiger partial charge in [-0.1, -0.05) is 12.1 Å². The fourth-order valence-electron chi connectivity index (χ4n) is 2.51. The molecule has 3 N–H and O–H groups in total. The highest BCUT2D eigenvalue weighted by atomic mass is 16.6. The van der Waals surface area contributed by atoms with Gasteiger partial charge in [0.1, 0.15) is 18.3 Å². The number of hydrogen-bond donors (Lipinski definition) is 3. The van der Waals surface area contributed by atoms with E-state index in [9.17, 15) is 10.2 Å². The lowest BCUT2D eigenvalue weighted by molar-refractivity contribution is -0.0535. The number of fused-ring (bicyclic) bond motifs is 1. The molecule has 1 aromatic carbocycles. The summed E-state index contributed by atoms with van der Waals surface area (Å²) in [4.78, 5) is 4.29. The number of methoxy groups -OCH3 is 1. The molecule has 0 unspecified atom stereocenters. The average Bonchev–Trinajstić information content (AvgIpc) is 2.98. The fraction of sp³-hybridized carbons (Fsp3) is 0.462. The van der Waals surface area contributed by atoms with E-state index in [1.54, 1.807) is 4.57 Å². The zero-order valence-electron chi connectivity index (χ0n) is 10.9. The number of aliphatic hydroxyl groups is 3. The van der Waals surface area contributed by atoms with E-state index in [2.05, 4.69) is 4.98 Å². The lowest BCUT2D eigenvalue weighted by Crippen LogP contribution is -2.33. The first-order valence-electron chi connectivity index (χ1n) is 6.30. The Morgan fingerprint density at radius 1 is 1.30 bits per heavy atom. The summed E-state index contributed by atoms with van der Waals surface area (Å²) in [5.74, 6) is 0. The maximum absolute atomic E-state index is 10.1. The molecule has 3 rings (SSSR count). The number of rotatable bonds is 3. The molecule has 7 heteroatoms. The molecular weight excluding hydrogens is 264 g/mol. The molecule has 0 aliphatic carbocycles. The molecule has 1 fully saturated rings. The summed E-state index contributed by atoms with van der Waals surface area (Å²) in [7, 11) is 1.47. The van der Waals surface area contributed by atoms with Crippen LogP contribution in [0.25, 0.3) is 11.0 Å². The molecular formula is C13H16N2O5. The minimum absolute atomic E-state index is 0.279. The quantitative estimate of drug-likeness (QED) is 0.711. The van der Waals surface area contributed by atoms with E-state index in [0.717, 1.165) is 5.52 Å². The summed E-state index contributed by atoms with van der Waals surface area (Å²) in [5.41, 5.74) is 1.42. The molecule has 0 amide bonds. The Hall–Kier alpha value is -1.67. The highest BCUT2D eigenvalue weighted by molar-refractivity contribution is 5.76. The van der Waals surface area contributed by atoms with Gasteiger partial charge >= 0.3 is 0 Å². The molecule has 1 aromatic heterocycles. The number of para-hydroxylation sites is 2. The molecule has 0 spiro atoms. The van der Waals surface area contributed by atoms with Crippen LogP contribution >= 0.6 is 0 Å². The maximum Gasteiger partial charge on any atom is 0.299 e. The first kappa shape index (κ1) is 13.3. The van der Waals surface area contributed by atoms with E-state index in [0.29, 0.717) is 5.52 Å². The average molecular weight is 280 g/mol. The number of benzene rings is 1. The molecule has 0 radical (unpaired) electrons. The third-order valence-corrected chi connectivity index (χ3v) is 3.52. The monoisotopic (exact) mass is 280 g/mol. The lowest BCUT2D eigenvalue weighted by atomic mass is 10.1. The Morgan fingerprint density at radius 3 is 2.70 bits per heavy atom. The van der Waals surface area contributed by atoms with Crippen LogP contribution in [0.4, 0.5) is 0 Å². The van der Waals surface area contributed by atoms with Crippen LogP contribution in [0, 0.1) is 0 Å². The fourth-order valence-corrected chi connectivity index (χ4v) is 2.51. The van der Waals surface area contributed by atoms with E-state index in [-0.39, 0.29) is 12.6 Å². The van der Waals surface area contributed by atoms with Crippen molar-refractivity contribution in [3.05, 3.63) is 24.3 Å². The molecule has 108 valence electrons. The molecule has 1 aliphatic heterocycles. The Morgan fingerprint density at radius 2 is 2.05 bits per heavy atom. The van der Waals surface area contributed by atoms with Gasteiger partial charge in [-0.05, 0) is 12.1 Å². The third kappa shape index (κ3) is 1.87. The SMILES string of the molecule is COc1nc2ccccc2n1[C@H]1O[C@@H](CO)[C@@H](O)[C@@H]1O. The number of imidazole rings is 1. The van der Waals surface area contributed by atoms with Gasteiger partial charge in [-0.2, -0.15) is 4.98 Å². The smallest absolute Gasteiger partial charge is 0.299 e. The molecule has 0 saturated carbocycles. The van der Waals surface area contributed by atoms with Gasteiger partial charge in [0.15, 0.2) is 6.23 Å². The van der Waals surface area contributed by atoms with Crippen molar-refractivity contribution >= 4 is 11.0 Å². The van der Waals surface area contributed by atoms with E-state index >= 15 is 0 Å². The van der Waals surface area contributed by atoms with Crippen LogP contribution in [0.15, 0.2) is 24.3 Å². The van der Waals surface area contributed by atoms with Crippen molar-refractivity contribution in [2.24, 2.45) is 0 Å². The van der Waals surface area contributed by atoms with Gasteiger partial charge in [-0.3, -0.25) is 4.57 Å². The number of aliphatic hydroxyl groups excluding tert-OH is 3. The lowest BCUT2D eigenvalue weighted by Gasteiger charge is -2.18. The first-order valence-corrected chi connectivity index (χ1v) is 6.30. The van der Waals surface area contributed by atoms with Crippen molar-refractivity contribution in [2.45, 2.75) is 24.5 Å². The molecule has 1 saturated heterocycles. The molecule has 0 bridgehead atoms. The number of aromatic nitrogens is 2. The maximum atomic E-state index is 10.1. The third-order valence-electron chi connectivity index (χ3n) is 3.52. The Kier molecular flexibility index (Phi) is 3.35. The normalized spacial score (nSPS) is 30.0. The van der Waals surface area contributed by atoms with E-state index in [1.165, 1.54) is 7.11 Å².